The van der Waals surface area contributed by atoms with E-state index in [0.29, 0.717) is 6.54 Å². The van der Waals surface area contributed by atoms with Crippen LogP contribution in [0.25, 0.3) is 0 Å². The molecule has 0 atom stereocenters. The maximum absolute atomic E-state index is 8.96. The van der Waals surface area contributed by atoms with Crippen LogP contribution in [0.3, 0.4) is 0 Å². The zero-order valence-corrected chi connectivity index (χ0v) is 12.5. The standard InChI is InChI=1S/C16H30N2O/c1-2-3-4-5-6-7-8-9-10-11-16-17-12-13-18(16)14-15-19/h12-13,19H,2-11,14-15H2,1H3/p+1. The van der Waals surface area contributed by atoms with E-state index in [-0.39, 0.29) is 6.61 Å². The van der Waals surface area contributed by atoms with Crippen LogP contribution in [0.1, 0.15) is 70.5 Å². The number of aliphatic hydroxyl groups excluding tert-OH is 1. The van der Waals surface area contributed by atoms with Crippen molar-refractivity contribution >= 4 is 0 Å². The summed E-state index contributed by atoms with van der Waals surface area (Å²) in [7, 11) is 0. The van der Waals surface area contributed by atoms with Crippen LogP contribution in [0, 0.1) is 0 Å². The Morgan fingerprint density at radius 1 is 1.00 bits per heavy atom. The Bertz CT molecular complexity index is 309. The third-order valence-corrected chi connectivity index (χ3v) is 3.71. The van der Waals surface area contributed by atoms with Gasteiger partial charge in [-0.05, 0) is 6.42 Å². The Balaban J connectivity index is 1.97. The van der Waals surface area contributed by atoms with Crippen LogP contribution in [-0.4, -0.2) is 16.7 Å². The summed E-state index contributed by atoms with van der Waals surface area (Å²) < 4.78 is 2.12. The van der Waals surface area contributed by atoms with Crippen molar-refractivity contribution in [1.29, 1.82) is 0 Å². The predicted molar refractivity (Wildman–Crippen MR) is 79.0 cm³/mol. The third-order valence-electron chi connectivity index (χ3n) is 3.71. The van der Waals surface area contributed by atoms with Gasteiger partial charge in [-0.3, -0.25) is 0 Å². The lowest BCUT2D eigenvalue weighted by atomic mass is 10.1. The van der Waals surface area contributed by atoms with Crippen molar-refractivity contribution in [3.8, 4) is 0 Å². The molecular formula is C16H31N2O+. The monoisotopic (exact) mass is 267 g/mol. The molecule has 0 saturated carbocycles. The number of rotatable bonds is 12. The van der Waals surface area contributed by atoms with E-state index in [1.54, 1.807) is 0 Å². The molecule has 1 aromatic rings. The van der Waals surface area contributed by atoms with Crippen LogP contribution in [0.5, 0.6) is 0 Å². The quantitative estimate of drug-likeness (QED) is 0.442. The lowest BCUT2D eigenvalue weighted by Crippen LogP contribution is -2.37. The first-order chi connectivity index (χ1) is 9.38. The Kier molecular flexibility index (Phi) is 9.42. The molecule has 0 radical (unpaired) electrons. The average molecular weight is 267 g/mol. The van der Waals surface area contributed by atoms with Gasteiger partial charge in [-0.15, -0.1) is 0 Å². The number of nitrogens with one attached hydrogen (secondary N) is 1. The molecule has 0 fully saturated rings. The fourth-order valence-corrected chi connectivity index (χ4v) is 2.53. The predicted octanol–water partition coefficient (Wildman–Crippen LogP) is 3.37. The molecule has 0 amide bonds. The minimum Gasteiger partial charge on any atom is -0.392 e. The zero-order chi connectivity index (χ0) is 13.8. The van der Waals surface area contributed by atoms with Crippen LogP contribution >= 0.6 is 0 Å². The summed E-state index contributed by atoms with van der Waals surface area (Å²) in [5.74, 6) is 1.25. The van der Waals surface area contributed by atoms with Crippen molar-refractivity contribution in [3.63, 3.8) is 0 Å². The van der Waals surface area contributed by atoms with Gasteiger partial charge in [0.25, 0.3) is 5.82 Å². The Morgan fingerprint density at radius 2 is 1.63 bits per heavy atom. The Morgan fingerprint density at radius 3 is 2.26 bits per heavy atom. The van der Waals surface area contributed by atoms with Crippen molar-refractivity contribution in [2.45, 2.75) is 77.7 Å². The van der Waals surface area contributed by atoms with Crippen LogP contribution in [0.2, 0.25) is 0 Å². The highest BCUT2D eigenvalue weighted by Crippen LogP contribution is 2.10. The summed E-state index contributed by atoms with van der Waals surface area (Å²) in [4.78, 5) is 3.27. The summed E-state index contributed by atoms with van der Waals surface area (Å²) >= 11 is 0. The van der Waals surface area contributed by atoms with E-state index in [1.165, 1.54) is 63.6 Å². The van der Waals surface area contributed by atoms with Crippen LogP contribution in [0.4, 0.5) is 0 Å². The number of aliphatic hydroxyl groups is 1. The molecule has 110 valence electrons. The summed E-state index contributed by atoms with van der Waals surface area (Å²) in [6.45, 7) is 3.19. The van der Waals surface area contributed by atoms with Gasteiger partial charge in [-0.25, -0.2) is 9.55 Å². The Hall–Kier alpha value is -0.830. The van der Waals surface area contributed by atoms with Gasteiger partial charge in [-0.2, -0.15) is 0 Å². The molecule has 0 aliphatic heterocycles. The first-order valence-electron chi connectivity index (χ1n) is 8.05. The summed E-state index contributed by atoms with van der Waals surface area (Å²) in [5, 5.41) is 8.96. The number of nitrogens with zero attached hydrogens (tertiary/aromatic N) is 1. The molecule has 0 saturated heterocycles. The average Bonchev–Trinajstić information content (AvgIpc) is 2.85. The molecule has 3 nitrogen and oxygen atoms in total. The number of imidazole rings is 1. The fraction of sp³-hybridized carbons (Fsp3) is 0.812. The molecule has 2 N–H and O–H groups in total. The smallest absolute Gasteiger partial charge is 0.254 e. The van der Waals surface area contributed by atoms with Gasteiger partial charge in [0.05, 0.1) is 6.61 Å². The van der Waals surface area contributed by atoms with Gasteiger partial charge in [-0.1, -0.05) is 58.3 Å². The van der Waals surface area contributed by atoms with Gasteiger partial charge in [0.1, 0.15) is 18.9 Å². The number of aryl methyl sites for hydroxylation is 1. The highest BCUT2D eigenvalue weighted by Gasteiger charge is 2.08. The summed E-state index contributed by atoms with van der Waals surface area (Å²) in [5.41, 5.74) is 0. The van der Waals surface area contributed by atoms with Gasteiger partial charge in [0.15, 0.2) is 0 Å². The molecule has 0 aliphatic rings. The number of aromatic nitrogens is 2. The van der Waals surface area contributed by atoms with E-state index in [4.69, 9.17) is 5.11 Å². The molecule has 1 rings (SSSR count). The third kappa shape index (κ3) is 7.36. The number of hydrogen-bond donors (Lipinski definition) is 2. The number of aromatic amines is 1. The molecule has 0 aliphatic carbocycles. The van der Waals surface area contributed by atoms with Gasteiger partial charge >= 0.3 is 0 Å². The molecular weight excluding hydrogens is 236 g/mol. The van der Waals surface area contributed by atoms with E-state index < -0.39 is 0 Å². The minimum atomic E-state index is 0.216. The molecule has 3 heteroatoms. The van der Waals surface area contributed by atoms with Crippen molar-refractivity contribution in [3.05, 3.63) is 18.2 Å². The zero-order valence-electron chi connectivity index (χ0n) is 12.5. The Labute approximate surface area is 118 Å². The normalized spacial score (nSPS) is 11.1. The largest absolute Gasteiger partial charge is 0.392 e. The van der Waals surface area contributed by atoms with Gasteiger partial charge in [0, 0.05) is 6.42 Å². The highest BCUT2D eigenvalue weighted by molar-refractivity contribution is 4.77. The van der Waals surface area contributed by atoms with Crippen LogP contribution in [0.15, 0.2) is 12.4 Å². The van der Waals surface area contributed by atoms with E-state index in [0.717, 1.165) is 6.42 Å². The number of hydrogen-bond acceptors (Lipinski definition) is 1. The van der Waals surface area contributed by atoms with Crippen molar-refractivity contribution < 1.29 is 9.67 Å². The summed E-state index contributed by atoms with van der Waals surface area (Å²) in [6, 6.07) is 0. The first kappa shape index (κ1) is 16.2. The highest BCUT2D eigenvalue weighted by atomic mass is 16.3. The van der Waals surface area contributed by atoms with E-state index >= 15 is 0 Å². The van der Waals surface area contributed by atoms with E-state index in [9.17, 15) is 0 Å². The summed E-state index contributed by atoms with van der Waals surface area (Å²) in [6.07, 6.45) is 17.4. The molecule has 0 bridgehead atoms. The molecule has 19 heavy (non-hydrogen) atoms. The first-order valence-corrected chi connectivity index (χ1v) is 8.05. The number of unbranched alkanes of at least 4 members (excludes halogenated alkanes) is 8. The molecule has 1 heterocycles. The second kappa shape index (κ2) is 11.0. The minimum absolute atomic E-state index is 0.216. The van der Waals surface area contributed by atoms with Crippen molar-refractivity contribution in [2.75, 3.05) is 6.61 Å². The lowest BCUT2D eigenvalue weighted by molar-refractivity contribution is -0.704. The molecule has 0 aromatic carbocycles. The lowest BCUT2D eigenvalue weighted by Gasteiger charge is -2.01. The SMILES string of the molecule is CCCCCCCCCCCc1[nH]cc[n+]1CCO. The van der Waals surface area contributed by atoms with Gasteiger partial charge in [0.2, 0.25) is 0 Å². The van der Waals surface area contributed by atoms with Crippen LogP contribution < -0.4 is 4.57 Å². The van der Waals surface area contributed by atoms with E-state index in [1.807, 2.05) is 12.4 Å². The second-order valence-corrected chi connectivity index (χ2v) is 5.40. The van der Waals surface area contributed by atoms with Crippen molar-refractivity contribution in [1.82, 2.24) is 4.98 Å². The second-order valence-electron chi connectivity index (χ2n) is 5.40. The molecule has 0 unspecified atom stereocenters. The van der Waals surface area contributed by atoms with Crippen LogP contribution in [-0.2, 0) is 13.0 Å². The van der Waals surface area contributed by atoms with Gasteiger partial charge < -0.3 is 5.11 Å². The fourth-order valence-electron chi connectivity index (χ4n) is 2.53. The number of H-pyrrole nitrogens is 1. The van der Waals surface area contributed by atoms with E-state index in [2.05, 4.69) is 16.5 Å². The topological polar surface area (TPSA) is 39.9 Å². The maximum atomic E-state index is 8.96. The maximum Gasteiger partial charge on any atom is 0.254 e. The molecule has 0 spiro atoms. The molecule has 1 aromatic heterocycles. The van der Waals surface area contributed by atoms with Crippen molar-refractivity contribution in [2.24, 2.45) is 0 Å².